The number of hydrogen-bond donors (Lipinski definition) is 1. The van der Waals surface area contributed by atoms with E-state index in [0.717, 1.165) is 22.0 Å². The lowest BCUT2D eigenvalue weighted by atomic mass is 9.75. The summed E-state index contributed by atoms with van der Waals surface area (Å²) < 4.78 is 0.722. The van der Waals surface area contributed by atoms with Gasteiger partial charge in [-0.3, -0.25) is 0 Å². The summed E-state index contributed by atoms with van der Waals surface area (Å²) in [7, 11) is 0. The highest BCUT2D eigenvalue weighted by atomic mass is 79.9. The first-order chi connectivity index (χ1) is 10.1. The van der Waals surface area contributed by atoms with Gasteiger partial charge in [-0.05, 0) is 57.6 Å². The molecule has 2 nitrogen and oxygen atoms in total. The summed E-state index contributed by atoms with van der Waals surface area (Å²) in [6.07, 6.45) is 0.569. The number of aryl methyl sites for hydroxylation is 1. The van der Waals surface area contributed by atoms with Crippen molar-refractivity contribution in [3.05, 3.63) is 68.7 Å². The fraction of sp³-hybridized carbons (Fsp3) is 0.235. The Morgan fingerprint density at radius 3 is 2.76 bits per heavy atom. The Morgan fingerprint density at radius 1 is 1.29 bits per heavy atom. The molecule has 0 saturated carbocycles. The Bertz CT molecular complexity index is 740. The van der Waals surface area contributed by atoms with Gasteiger partial charge >= 0.3 is 0 Å². The summed E-state index contributed by atoms with van der Waals surface area (Å²) in [4.78, 5) is 0. The lowest BCUT2D eigenvalue weighted by Crippen LogP contribution is -2.29. The van der Waals surface area contributed by atoms with E-state index in [0.29, 0.717) is 17.0 Å². The lowest BCUT2D eigenvalue weighted by molar-refractivity contribution is 0.111. The highest BCUT2D eigenvalue weighted by Crippen LogP contribution is 2.47. The molecule has 2 aromatic carbocycles. The fourth-order valence-corrected chi connectivity index (χ4v) is 3.58. The first-order valence-electron chi connectivity index (χ1n) is 6.71. The molecule has 0 heterocycles. The summed E-state index contributed by atoms with van der Waals surface area (Å²) in [6, 6.07) is 15.5. The van der Waals surface area contributed by atoms with Crippen LogP contribution in [-0.2, 0) is 11.8 Å². The molecule has 2 aromatic rings. The molecule has 4 heteroatoms. The zero-order valence-electron chi connectivity index (χ0n) is 11.2. The Morgan fingerprint density at radius 2 is 2.05 bits per heavy atom. The highest BCUT2D eigenvalue weighted by molar-refractivity contribution is 9.10. The molecule has 2 unspecified atom stereocenters. The van der Waals surface area contributed by atoms with Gasteiger partial charge in [0.25, 0.3) is 0 Å². The Kier molecular flexibility index (Phi) is 3.79. The van der Waals surface area contributed by atoms with Crippen molar-refractivity contribution in [1.82, 2.24) is 0 Å². The number of rotatable bonds is 2. The topological polar surface area (TPSA) is 44.0 Å². The van der Waals surface area contributed by atoms with E-state index in [4.69, 9.17) is 11.6 Å². The number of nitrogens with zero attached hydrogens (tertiary/aromatic N) is 1. The van der Waals surface area contributed by atoms with E-state index in [1.165, 1.54) is 0 Å². The normalized spacial score (nSPS) is 21.6. The van der Waals surface area contributed by atoms with E-state index < -0.39 is 11.5 Å². The van der Waals surface area contributed by atoms with E-state index in [1.54, 1.807) is 18.2 Å². The third-order valence-electron chi connectivity index (χ3n) is 4.21. The van der Waals surface area contributed by atoms with Gasteiger partial charge in [0.2, 0.25) is 0 Å². The molecule has 1 aliphatic rings. The lowest BCUT2D eigenvalue weighted by Gasteiger charge is -2.29. The van der Waals surface area contributed by atoms with Crippen LogP contribution < -0.4 is 0 Å². The molecule has 106 valence electrons. The molecule has 0 aromatic heterocycles. The molecule has 3 rings (SSSR count). The summed E-state index contributed by atoms with van der Waals surface area (Å²) >= 11 is 9.37. The van der Waals surface area contributed by atoms with Crippen molar-refractivity contribution in [3.63, 3.8) is 0 Å². The van der Waals surface area contributed by atoms with E-state index in [2.05, 4.69) is 22.0 Å². The minimum Gasteiger partial charge on any atom is -0.386 e. The van der Waals surface area contributed by atoms with E-state index in [1.807, 2.05) is 24.3 Å². The maximum absolute atomic E-state index is 10.8. The third kappa shape index (κ3) is 2.28. The van der Waals surface area contributed by atoms with Gasteiger partial charge in [-0.2, -0.15) is 5.26 Å². The number of benzene rings is 2. The zero-order chi connectivity index (χ0) is 15.0. The minimum absolute atomic E-state index is 0.587. The van der Waals surface area contributed by atoms with Gasteiger partial charge < -0.3 is 5.11 Å². The average Bonchev–Trinajstić information content (AvgIpc) is 2.89. The van der Waals surface area contributed by atoms with E-state index in [9.17, 15) is 10.4 Å². The van der Waals surface area contributed by atoms with Crippen LogP contribution in [0, 0.1) is 11.3 Å². The molecular weight excluding hydrogens is 350 g/mol. The van der Waals surface area contributed by atoms with Crippen molar-refractivity contribution in [2.24, 2.45) is 0 Å². The van der Waals surface area contributed by atoms with E-state index >= 15 is 0 Å². The predicted molar refractivity (Wildman–Crippen MR) is 86.2 cm³/mol. The first kappa shape index (κ1) is 14.6. The van der Waals surface area contributed by atoms with Crippen LogP contribution in [-0.4, -0.2) is 5.11 Å². The van der Waals surface area contributed by atoms with Crippen LogP contribution in [0.3, 0.4) is 0 Å². The molecule has 1 aliphatic carbocycles. The third-order valence-corrected chi connectivity index (χ3v) is 5.43. The quantitative estimate of drug-likeness (QED) is 0.852. The van der Waals surface area contributed by atoms with Crippen molar-refractivity contribution >= 4 is 27.5 Å². The molecule has 0 spiro atoms. The number of nitriles is 1. The largest absolute Gasteiger partial charge is 0.386 e. The Hall–Kier alpha value is -1.34. The predicted octanol–water partition coefficient (Wildman–Crippen LogP) is 4.54. The monoisotopic (exact) mass is 361 g/mol. The van der Waals surface area contributed by atoms with Gasteiger partial charge in [-0.1, -0.05) is 41.9 Å². The summed E-state index contributed by atoms with van der Waals surface area (Å²) in [6.45, 7) is 0. The van der Waals surface area contributed by atoms with Crippen molar-refractivity contribution in [1.29, 1.82) is 5.26 Å². The van der Waals surface area contributed by atoms with Crippen LogP contribution >= 0.6 is 27.5 Å². The second kappa shape index (κ2) is 5.46. The fourth-order valence-electron chi connectivity index (χ4n) is 3.07. The zero-order valence-corrected chi connectivity index (χ0v) is 13.5. The molecule has 0 amide bonds. The second-order valence-electron chi connectivity index (χ2n) is 5.32. The maximum atomic E-state index is 10.8. The van der Waals surface area contributed by atoms with Crippen LogP contribution in [0.25, 0.3) is 0 Å². The highest BCUT2D eigenvalue weighted by Gasteiger charge is 2.45. The van der Waals surface area contributed by atoms with Gasteiger partial charge in [0, 0.05) is 4.47 Å². The molecule has 21 heavy (non-hydrogen) atoms. The van der Waals surface area contributed by atoms with Crippen LogP contribution in [0.1, 0.15) is 29.2 Å². The Balaban J connectivity index is 2.09. The Labute approximate surface area is 137 Å². The van der Waals surface area contributed by atoms with Gasteiger partial charge in [0.1, 0.15) is 11.5 Å². The SMILES string of the molecule is N#CC1(C(O)c2ccc(Cl)c(Br)c2)CCc2ccccc21. The number of halogens is 2. The molecule has 0 bridgehead atoms. The van der Waals surface area contributed by atoms with Gasteiger partial charge in [0.15, 0.2) is 0 Å². The summed E-state index contributed by atoms with van der Waals surface area (Å²) in [5.41, 5.74) is 1.89. The average molecular weight is 363 g/mol. The molecule has 0 radical (unpaired) electrons. The summed E-state index contributed by atoms with van der Waals surface area (Å²) in [5.74, 6) is 0. The maximum Gasteiger partial charge on any atom is 0.113 e. The van der Waals surface area contributed by atoms with Crippen LogP contribution in [0.2, 0.25) is 5.02 Å². The minimum atomic E-state index is -0.885. The number of aliphatic hydroxyl groups is 1. The molecule has 0 aliphatic heterocycles. The van der Waals surface area contributed by atoms with Gasteiger partial charge in [-0.15, -0.1) is 0 Å². The number of fused-ring (bicyclic) bond motifs is 1. The summed E-state index contributed by atoms with van der Waals surface area (Å²) in [5, 5.41) is 21.2. The molecule has 0 fully saturated rings. The van der Waals surface area contributed by atoms with Crippen LogP contribution in [0.5, 0.6) is 0 Å². The van der Waals surface area contributed by atoms with E-state index in [-0.39, 0.29) is 0 Å². The van der Waals surface area contributed by atoms with Crippen LogP contribution in [0.4, 0.5) is 0 Å². The van der Waals surface area contributed by atoms with Crippen molar-refractivity contribution < 1.29 is 5.11 Å². The van der Waals surface area contributed by atoms with Gasteiger partial charge in [-0.25, -0.2) is 0 Å². The van der Waals surface area contributed by atoms with Crippen molar-refractivity contribution in [3.8, 4) is 6.07 Å². The standard InChI is InChI=1S/C17H13BrClNO/c18-14-9-12(5-6-15(14)19)16(21)17(10-20)8-7-11-3-1-2-4-13(11)17/h1-6,9,16,21H,7-8H2. The van der Waals surface area contributed by atoms with Crippen LogP contribution in [0.15, 0.2) is 46.9 Å². The second-order valence-corrected chi connectivity index (χ2v) is 6.58. The molecule has 2 atom stereocenters. The number of aliphatic hydroxyl groups excluding tert-OH is 1. The molecule has 1 N–H and O–H groups in total. The molecule has 0 saturated heterocycles. The van der Waals surface area contributed by atoms with Crippen molar-refractivity contribution in [2.45, 2.75) is 24.4 Å². The van der Waals surface area contributed by atoms with Crippen molar-refractivity contribution in [2.75, 3.05) is 0 Å². The number of hydrogen-bond acceptors (Lipinski definition) is 2. The first-order valence-corrected chi connectivity index (χ1v) is 7.88. The van der Waals surface area contributed by atoms with Gasteiger partial charge in [0.05, 0.1) is 11.1 Å². The smallest absolute Gasteiger partial charge is 0.113 e. The molecular formula is C17H13BrClNO.